The summed E-state index contributed by atoms with van der Waals surface area (Å²) < 4.78 is 3.95. The number of carbonyl (C=O) groups excluding carboxylic acids is 1. The van der Waals surface area contributed by atoms with Crippen LogP contribution in [0.2, 0.25) is 0 Å². The number of carbonyl (C=O) groups is 1. The molecule has 2 aromatic heterocycles. The minimum atomic E-state index is -0.306. The Labute approximate surface area is 174 Å². The summed E-state index contributed by atoms with van der Waals surface area (Å²) in [5.41, 5.74) is 3.75. The van der Waals surface area contributed by atoms with E-state index in [-0.39, 0.29) is 11.2 Å². The number of hydrogen-bond donors (Lipinski definition) is 1. The van der Waals surface area contributed by atoms with Gasteiger partial charge in [0.05, 0.1) is 28.9 Å². The Morgan fingerprint density at radius 1 is 1.24 bits per heavy atom. The number of anilines is 1. The van der Waals surface area contributed by atoms with E-state index in [0.29, 0.717) is 5.92 Å². The molecule has 0 radical (unpaired) electrons. The maximum atomic E-state index is 12.8. The van der Waals surface area contributed by atoms with E-state index in [0.717, 1.165) is 47.4 Å². The number of rotatable bonds is 7. The topological polar surface area (TPSA) is 77.6 Å². The summed E-state index contributed by atoms with van der Waals surface area (Å²) in [6, 6.07) is 10.3. The maximum absolute atomic E-state index is 12.8. The summed E-state index contributed by atoms with van der Waals surface area (Å²) in [6.45, 7) is 6.47. The van der Waals surface area contributed by atoms with Crippen molar-refractivity contribution in [2.75, 3.05) is 5.32 Å². The fourth-order valence-corrected chi connectivity index (χ4v) is 4.19. The first-order valence-electron chi connectivity index (χ1n) is 9.88. The van der Waals surface area contributed by atoms with Gasteiger partial charge < -0.3 is 9.88 Å². The molecule has 1 aliphatic rings. The molecule has 0 spiro atoms. The van der Waals surface area contributed by atoms with Crippen LogP contribution in [0.15, 0.2) is 35.5 Å². The number of aryl methyl sites for hydroxylation is 2. The molecule has 0 bridgehead atoms. The summed E-state index contributed by atoms with van der Waals surface area (Å²) in [5.74, 6) is 1.46. The lowest BCUT2D eigenvalue weighted by atomic mass is 10.2. The Morgan fingerprint density at radius 3 is 2.59 bits per heavy atom. The number of nitrogens with zero attached hydrogens (tertiary/aromatic N) is 5. The van der Waals surface area contributed by atoms with Crippen LogP contribution in [0.4, 0.5) is 5.69 Å². The van der Waals surface area contributed by atoms with Crippen LogP contribution in [0.25, 0.3) is 0 Å². The third kappa shape index (κ3) is 4.22. The van der Waals surface area contributed by atoms with Crippen molar-refractivity contribution in [1.82, 2.24) is 24.5 Å². The lowest BCUT2D eigenvalue weighted by molar-refractivity contribution is -0.115. The van der Waals surface area contributed by atoms with Crippen molar-refractivity contribution in [2.45, 2.75) is 56.5 Å². The molecule has 29 heavy (non-hydrogen) atoms. The largest absolute Gasteiger partial charge is 0.322 e. The van der Waals surface area contributed by atoms with Gasteiger partial charge in [-0.25, -0.2) is 0 Å². The van der Waals surface area contributed by atoms with Crippen molar-refractivity contribution >= 4 is 23.4 Å². The zero-order valence-corrected chi connectivity index (χ0v) is 18.0. The van der Waals surface area contributed by atoms with Crippen LogP contribution in [0.1, 0.15) is 48.5 Å². The minimum absolute atomic E-state index is 0.0589. The third-order valence-corrected chi connectivity index (χ3v) is 6.36. The highest BCUT2D eigenvalue weighted by molar-refractivity contribution is 8.00. The van der Waals surface area contributed by atoms with E-state index in [2.05, 4.69) is 37.3 Å². The Balaban J connectivity index is 1.51. The van der Waals surface area contributed by atoms with Crippen molar-refractivity contribution in [2.24, 2.45) is 7.05 Å². The molecular formula is C21H26N6OS. The first kappa shape index (κ1) is 19.7. The van der Waals surface area contributed by atoms with Crippen molar-refractivity contribution < 1.29 is 4.79 Å². The Kier molecular flexibility index (Phi) is 5.45. The maximum Gasteiger partial charge on any atom is 0.237 e. The number of nitrogens with one attached hydrogen (secondary N) is 1. The van der Waals surface area contributed by atoms with E-state index in [1.54, 1.807) is 4.68 Å². The highest BCUT2D eigenvalue weighted by Gasteiger charge is 2.31. The molecule has 1 N–H and O–H groups in total. The predicted molar refractivity (Wildman–Crippen MR) is 114 cm³/mol. The van der Waals surface area contributed by atoms with Crippen molar-refractivity contribution in [3.8, 4) is 0 Å². The lowest BCUT2D eigenvalue weighted by Crippen LogP contribution is -2.23. The SMILES string of the molecule is Cc1nn(C)c(C)c1NC(=O)C(C)Sc1nnc(C2CC2)n1Cc1ccccc1. The average Bonchev–Trinajstić information content (AvgIpc) is 3.44. The first-order valence-corrected chi connectivity index (χ1v) is 10.8. The molecule has 4 rings (SSSR count). The average molecular weight is 411 g/mol. The quantitative estimate of drug-likeness (QED) is 0.601. The van der Waals surface area contributed by atoms with Gasteiger partial charge in [-0.2, -0.15) is 5.10 Å². The normalized spacial score (nSPS) is 14.8. The van der Waals surface area contributed by atoms with Gasteiger partial charge in [-0.1, -0.05) is 42.1 Å². The molecular weight excluding hydrogens is 384 g/mol. The molecule has 8 heteroatoms. The molecule has 1 aliphatic carbocycles. The molecule has 1 aromatic carbocycles. The first-order chi connectivity index (χ1) is 13.9. The van der Waals surface area contributed by atoms with Gasteiger partial charge in [0.15, 0.2) is 5.16 Å². The molecule has 3 aromatic rings. The summed E-state index contributed by atoms with van der Waals surface area (Å²) in [5, 5.41) is 16.8. The van der Waals surface area contributed by atoms with Crippen molar-refractivity contribution in [1.29, 1.82) is 0 Å². The van der Waals surface area contributed by atoms with Gasteiger partial charge in [0.25, 0.3) is 0 Å². The molecule has 1 unspecified atom stereocenters. The third-order valence-electron chi connectivity index (χ3n) is 5.28. The standard InChI is InChI=1S/C21H26N6OS/c1-13-18(14(2)26(4)25-13)22-20(28)15(3)29-21-24-23-19(17-10-11-17)27(21)12-16-8-6-5-7-9-16/h5-9,15,17H,10-12H2,1-4H3,(H,22,28). The molecule has 0 saturated heterocycles. The molecule has 1 atom stereocenters. The van der Waals surface area contributed by atoms with Crippen molar-refractivity contribution in [3.63, 3.8) is 0 Å². The number of aromatic nitrogens is 5. The number of hydrogen-bond acceptors (Lipinski definition) is 5. The number of thioether (sulfide) groups is 1. The van der Waals surface area contributed by atoms with Crippen LogP contribution >= 0.6 is 11.8 Å². The van der Waals surface area contributed by atoms with Crippen LogP contribution in [-0.4, -0.2) is 35.7 Å². The molecule has 1 fully saturated rings. The van der Waals surface area contributed by atoms with Crippen LogP contribution in [-0.2, 0) is 18.4 Å². The number of benzene rings is 1. The van der Waals surface area contributed by atoms with Gasteiger partial charge in [-0.3, -0.25) is 9.48 Å². The van der Waals surface area contributed by atoms with Crippen LogP contribution < -0.4 is 5.32 Å². The van der Waals surface area contributed by atoms with E-state index < -0.39 is 0 Å². The highest BCUT2D eigenvalue weighted by Crippen LogP contribution is 2.40. The Bertz CT molecular complexity index is 1020. The second kappa shape index (κ2) is 8.02. The summed E-state index contributed by atoms with van der Waals surface area (Å²) in [7, 11) is 1.88. The predicted octanol–water partition coefficient (Wildman–Crippen LogP) is 3.67. The molecule has 1 saturated carbocycles. The van der Waals surface area contributed by atoms with Crippen LogP contribution in [0.5, 0.6) is 0 Å². The van der Waals surface area contributed by atoms with E-state index in [9.17, 15) is 4.79 Å². The van der Waals surface area contributed by atoms with E-state index in [1.807, 2.05) is 46.0 Å². The van der Waals surface area contributed by atoms with E-state index >= 15 is 0 Å². The molecule has 1 amide bonds. The van der Waals surface area contributed by atoms with Crippen LogP contribution in [0, 0.1) is 13.8 Å². The van der Waals surface area contributed by atoms with Crippen molar-refractivity contribution in [3.05, 3.63) is 53.1 Å². The van der Waals surface area contributed by atoms with Gasteiger partial charge in [0.1, 0.15) is 5.82 Å². The fourth-order valence-electron chi connectivity index (χ4n) is 3.34. The summed E-state index contributed by atoms with van der Waals surface area (Å²) in [4.78, 5) is 12.8. The minimum Gasteiger partial charge on any atom is -0.322 e. The smallest absolute Gasteiger partial charge is 0.237 e. The Hall–Kier alpha value is -2.61. The zero-order chi connectivity index (χ0) is 20.5. The summed E-state index contributed by atoms with van der Waals surface area (Å²) >= 11 is 1.45. The van der Waals surface area contributed by atoms with E-state index in [1.165, 1.54) is 17.3 Å². The van der Waals surface area contributed by atoms with Gasteiger partial charge in [0, 0.05) is 13.0 Å². The second-order valence-corrected chi connectivity index (χ2v) is 8.91. The van der Waals surface area contributed by atoms with Gasteiger partial charge >= 0.3 is 0 Å². The second-order valence-electron chi connectivity index (χ2n) is 7.61. The van der Waals surface area contributed by atoms with Gasteiger partial charge in [-0.05, 0) is 39.2 Å². The van der Waals surface area contributed by atoms with E-state index in [4.69, 9.17) is 0 Å². The molecule has 7 nitrogen and oxygen atoms in total. The zero-order valence-electron chi connectivity index (χ0n) is 17.2. The van der Waals surface area contributed by atoms with Gasteiger partial charge in [-0.15, -0.1) is 10.2 Å². The fraction of sp³-hybridized carbons (Fsp3) is 0.429. The molecule has 2 heterocycles. The molecule has 0 aliphatic heterocycles. The monoisotopic (exact) mass is 410 g/mol. The molecule has 152 valence electrons. The Morgan fingerprint density at radius 2 is 1.97 bits per heavy atom. The van der Waals surface area contributed by atoms with Gasteiger partial charge in [0.2, 0.25) is 5.91 Å². The number of amides is 1. The lowest BCUT2D eigenvalue weighted by Gasteiger charge is -2.14. The summed E-state index contributed by atoms with van der Waals surface area (Å²) in [6.07, 6.45) is 2.32. The highest BCUT2D eigenvalue weighted by atomic mass is 32.2. The van der Waals surface area contributed by atoms with Crippen LogP contribution in [0.3, 0.4) is 0 Å².